The highest BCUT2D eigenvalue weighted by Gasteiger charge is 2.25. The van der Waals surface area contributed by atoms with Gasteiger partial charge >= 0.3 is 0 Å². The summed E-state index contributed by atoms with van der Waals surface area (Å²) >= 11 is 5.88. The van der Waals surface area contributed by atoms with Crippen LogP contribution in [0.4, 0.5) is 4.39 Å². The van der Waals surface area contributed by atoms with Crippen LogP contribution in [-0.4, -0.2) is 17.3 Å². The van der Waals surface area contributed by atoms with Crippen molar-refractivity contribution < 1.29 is 9.50 Å². The van der Waals surface area contributed by atoms with Gasteiger partial charge in [-0.05, 0) is 26.0 Å². The molecular formula is C12H14ClFN2O. The highest BCUT2D eigenvalue weighted by Crippen LogP contribution is 2.26. The van der Waals surface area contributed by atoms with Crippen LogP contribution in [0.25, 0.3) is 0 Å². The van der Waals surface area contributed by atoms with Gasteiger partial charge in [-0.25, -0.2) is 4.39 Å². The Morgan fingerprint density at radius 2 is 2.24 bits per heavy atom. The van der Waals surface area contributed by atoms with Gasteiger partial charge in [-0.1, -0.05) is 17.7 Å². The monoisotopic (exact) mass is 256 g/mol. The van der Waals surface area contributed by atoms with Crippen LogP contribution in [0.1, 0.15) is 25.5 Å². The molecule has 1 atom stereocenters. The molecule has 92 valence electrons. The van der Waals surface area contributed by atoms with Gasteiger partial charge in [-0.15, -0.1) is 0 Å². The lowest BCUT2D eigenvalue weighted by molar-refractivity contribution is 0.182. The van der Waals surface area contributed by atoms with Gasteiger partial charge in [0.15, 0.2) is 0 Å². The predicted octanol–water partition coefficient (Wildman–Crippen LogP) is 2.40. The lowest BCUT2D eigenvalue weighted by Crippen LogP contribution is -2.44. The average Bonchev–Trinajstić information content (AvgIpc) is 2.27. The quantitative estimate of drug-likeness (QED) is 0.870. The van der Waals surface area contributed by atoms with Crippen LogP contribution in [0.5, 0.6) is 0 Å². The standard InChI is InChI=1S/C12H14ClFN2O/c1-12(2,7-17)16-10(6-15)11-8(13)4-3-5-9(11)14/h3-5,10,16-17H,7H2,1-2H3. The zero-order valence-electron chi connectivity index (χ0n) is 9.67. The molecule has 0 aliphatic rings. The molecule has 5 heteroatoms. The number of aliphatic hydroxyl groups excluding tert-OH is 1. The summed E-state index contributed by atoms with van der Waals surface area (Å²) < 4.78 is 13.6. The number of hydrogen-bond acceptors (Lipinski definition) is 3. The van der Waals surface area contributed by atoms with Crippen molar-refractivity contribution in [2.45, 2.75) is 25.4 Å². The van der Waals surface area contributed by atoms with E-state index in [1.165, 1.54) is 18.2 Å². The van der Waals surface area contributed by atoms with Crippen LogP contribution < -0.4 is 5.32 Å². The van der Waals surface area contributed by atoms with Crippen molar-refractivity contribution in [2.24, 2.45) is 0 Å². The van der Waals surface area contributed by atoms with Crippen LogP contribution in [0.3, 0.4) is 0 Å². The van der Waals surface area contributed by atoms with Gasteiger partial charge in [0, 0.05) is 16.1 Å². The molecule has 0 aliphatic heterocycles. The van der Waals surface area contributed by atoms with Crippen molar-refractivity contribution in [2.75, 3.05) is 6.61 Å². The first kappa shape index (κ1) is 13.9. The van der Waals surface area contributed by atoms with Crippen molar-refractivity contribution in [3.8, 4) is 6.07 Å². The molecule has 1 unspecified atom stereocenters. The molecule has 1 aromatic rings. The second kappa shape index (κ2) is 5.46. The fourth-order valence-corrected chi connectivity index (χ4v) is 1.66. The maximum atomic E-state index is 13.6. The number of nitrogens with zero attached hydrogens (tertiary/aromatic N) is 1. The van der Waals surface area contributed by atoms with E-state index in [4.69, 9.17) is 22.0 Å². The van der Waals surface area contributed by atoms with E-state index in [1.54, 1.807) is 13.8 Å². The van der Waals surface area contributed by atoms with Gasteiger partial charge in [-0.3, -0.25) is 5.32 Å². The predicted molar refractivity (Wildman–Crippen MR) is 64.1 cm³/mol. The van der Waals surface area contributed by atoms with E-state index in [9.17, 15) is 4.39 Å². The number of aliphatic hydroxyl groups is 1. The van der Waals surface area contributed by atoms with E-state index >= 15 is 0 Å². The molecule has 0 spiro atoms. The summed E-state index contributed by atoms with van der Waals surface area (Å²) in [5, 5.41) is 21.2. The molecule has 1 rings (SSSR count). The van der Waals surface area contributed by atoms with E-state index < -0.39 is 17.4 Å². The number of rotatable bonds is 4. The van der Waals surface area contributed by atoms with Gasteiger partial charge in [0.05, 0.1) is 12.7 Å². The zero-order valence-corrected chi connectivity index (χ0v) is 10.4. The second-order valence-corrected chi connectivity index (χ2v) is 4.79. The van der Waals surface area contributed by atoms with E-state index in [1.807, 2.05) is 6.07 Å². The summed E-state index contributed by atoms with van der Waals surface area (Å²) in [5.41, 5.74) is -0.579. The average molecular weight is 257 g/mol. The lowest BCUT2D eigenvalue weighted by Gasteiger charge is -2.27. The van der Waals surface area contributed by atoms with E-state index in [0.717, 1.165) is 0 Å². The van der Waals surface area contributed by atoms with Gasteiger partial charge in [0.2, 0.25) is 0 Å². The molecule has 2 N–H and O–H groups in total. The van der Waals surface area contributed by atoms with Crippen LogP contribution in [-0.2, 0) is 0 Å². The largest absolute Gasteiger partial charge is 0.394 e. The number of nitriles is 1. The number of hydrogen-bond donors (Lipinski definition) is 2. The summed E-state index contributed by atoms with van der Waals surface area (Å²) in [6, 6.07) is 5.30. The van der Waals surface area contributed by atoms with E-state index in [0.29, 0.717) is 0 Å². The normalized spacial score (nSPS) is 13.2. The highest BCUT2D eigenvalue weighted by molar-refractivity contribution is 6.31. The van der Waals surface area contributed by atoms with Crippen LogP contribution in [0.2, 0.25) is 5.02 Å². The van der Waals surface area contributed by atoms with Crippen molar-refractivity contribution in [3.05, 3.63) is 34.6 Å². The van der Waals surface area contributed by atoms with Crippen LogP contribution >= 0.6 is 11.6 Å². The van der Waals surface area contributed by atoms with Crippen molar-refractivity contribution in [1.82, 2.24) is 5.32 Å². The molecule has 17 heavy (non-hydrogen) atoms. The first-order valence-electron chi connectivity index (χ1n) is 5.13. The molecule has 0 saturated heterocycles. The minimum atomic E-state index is -0.897. The molecule has 0 amide bonds. The fraction of sp³-hybridized carbons (Fsp3) is 0.417. The summed E-state index contributed by atoms with van der Waals surface area (Å²) in [5.74, 6) is -0.537. The Kier molecular flexibility index (Phi) is 4.47. The Bertz CT molecular complexity index is 422. The van der Waals surface area contributed by atoms with Gasteiger partial charge in [0.1, 0.15) is 11.9 Å². The SMILES string of the molecule is CC(C)(CO)NC(C#N)c1c(F)cccc1Cl. The second-order valence-electron chi connectivity index (χ2n) is 4.38. The topological polar surface area (TPSA) is 56.0 Å². The Hall–Kier alpha value is -1.15. The molecule has 0 aromatic heterocycles. The lowest BCUT2D eigenvalue weighted by atomic mass is 10.0. The molecule has 0 heterocycles. The number of nitrogens with one attached hydrogen (secondary N) is 1. The Morgan fingerprint density at radius 1 is 1.59 bits per heavy atom. The summed E-state index contributed by atoms with van der Waals surface area (Å²) in [7, 11) is 0. The summed E-state index contributed by atoms with van der Waals surface area (Å²) in [6.07, 6.45) is 0. The first-order valence-corrected chi connectivity index (χ1v) is 5.51. The Balaban J connectivity index is 3.08. The highest BCUT2D eigenvalue weighted by atomic mass is 35.5. The molecule has 0 fully saturated rings. The van der Waals surface area contributed by atoms with Gasteiger partial charge in [-0.2, -0.15) is 5.26 Å². The third-order valence-electron chi connectivity index (χ3n) is 2.35. The molecule has 0 aliphatic carbocycles. The number of halogens is 2. The fourth-order valence-electron chi connectivity index (χ4n) is 1.39. The van der Waals surface area contributed by atoms with Crippen molar-refractivity contribution in [3.63, 3.8) is 0 Å². The van der Waals surface area contributed by atoms with Crippen LogP contribution in [0.15, 0.2) is 18.2 Å². The maximum absolute atomic E-state index is 13.6. The Morgan fingerprint density at radius 3 is 2.71 bits per heavy atom. The van der Waals surface area contributed by atoms with Crippen molar-refractivity contribution in [1.29, 1.82) is 5.26 Å². The number of benzene rings is 1. The van der Waals surface area contributed by atoms with Crippen molar-refractivity contribution >= 4 is 11.6 Å². The molecular weight excluding hydrogens is 243 g/mol. The van der Waals surface area contributed by atoms with E-state index in [-0.39, 0.29) is 17.2 Å². The zero-order chi connectivity index (χ0) is 13.1. The molecule has 1 aromatic carbocycles. The summed E-state index contributed by atoms with van der Waals surface area (Å²) in [4.78, 5) is 0. The third kappa shape index (κ3) is 3.40. The summed E-state index contributed by atoms with van der Waals surface area (Å²) in [6.45, 7) is 3.26. The smallest absolute Gasteiger partial charge is 0.130 e. The van der Waals surface area contributed by atoms with Crippen LogP contribution in [0, 0.1) is 17.1 Å². The first-order chi connectivity index (χ1) is 7.91. The van der Waals surface area contributed by atoms with E-state index in [2.05, 4.69) is 5.32 Å². The minimum Gasteiger partial charge on any atom is -0.394 e. The molecule has 3 nitrogen and oxygen atoms in total. The molecule has 0 saturated carbocycles. The molecule has 0 bridgehead atoms. The van der Waals surface area contributed by atoms with Gasteiger partial charge < -0.3 is 5.11 Å². The maximum Gasteiger partial charge on any atom is 0.130 e. The van der Waals surface area contributed by atoms with Gasteiger partial charge in [0.25, 0.3) is 0 Å². The molecule has 0 radical (unpaired) electrons. The third-order valence-corrected chi connectivity index (χ3v) is 2.68. The minimum absolute atomic E-state index is 0.109. The Labute approximate surface area is 105 Å².